The van der Waals surface area contributed by atoms with Crippen LogP contribution in [0.15, 0.2) is 18.2 Å². The molecule has 0 N–H and O–H groups in total. The van der Waals surface area contributed by atoms with Gasteiger partial charge in [-0.15, -0.1) is 0 Å². The summed E-state index contributed by atoms with van der Waals surface area (Å²) < 4.78 is 27.1. The zero-order valence-corrected chi connectivity index (χ0v) is 8.52. The zero-order chi connectivity index (χ0) is 11.1. The summed E-state index contributed by atoms with van der Waals surface area (Å²) in [6, 6.07) is 4.60. The van der Waals surface area contributed by atoms with Crippen molar-refractivity contribution in [3.8, 4) is 0 Å². The van der Waals surface area contributed by atoms with Gasteiger partial charge in [-0.3, -0.25) is 4.79 Å². The fourth-order valence-electron chi connectivity index (χ4n) is 2.15. The van der Waals surface area contributed by atoms with E-state index in [9.17, 15) is 13.6 Å². The summed E-state index contributed by atoms with van der Waals surface area (Å²) in [5, 5.41) is 0. The average Bonchev–Trinajstić information content (AvgIpc) is 2.16. The number of carbonyl (C=O) groups is 1. The normalized spacial score (nSPS) is 18.3. The molecule has 0 saturated carbocycles. The maximum atomic E-state index is 13.5. The number of Topliss-reactive ketones (excluding diaryl/α,β-unsaturated/α-hetero) is 1. The van der Waals surface area contributed by atoms with E-state index in [1.807, 2.05) is 0 Å². The lowest BCUT2D eigenvalue weighted by Gasteiger charge is -2.26. The maximum Gasteiger partial charge on any atom is 0.273 e. The van der Waals surface area contributed by atoms with Crippen LogP contribution in [0.2, 0.25) is 0 Å². The largest absolute Gasteiger partial charge is 0.295 e. The highest BCUT2D eigenvalue weighted by Crippen LogP contribution is 2.40. The second kappa shape index (κ2) is 3.40. The molecule has 0 aliphatic heterocycles. The van der Waals surface area contributed by atoms with Crippen LogP contribution in [0, 0.1) is 0 Å². The Morgan fingerprint density at radius 2 is 2.13 bits per heavy atom. The van der Waals surface area contributed by atoms with Gasteiger partial charge in [-0.1, -0.05) is 18.2 Å². The molecule has 0 heterocycles. The molecule has 1 aromatic rings. The number of rotatable bonds is 1. The summed E-state index contributed by atoms with van der Waals surface area (Å²) in [6.07, 6.45) is 0.923. The molecule has 0 amide bonds. The number of hydrogen-bond donors (Lipinski definition) is 0. The van der Waals surface area contributed by atoms with Crippen molar-refractivity contribution in [1.82, 2.24) is 0 Å². The number of carbonyl (C=O) groups excluding carboxylic acids is 1. The highest BCUT2D eigenvalue weighted by Gasteiger charge is 2.37. The predicted molar refractivity (Wildman–Crippen MR) is 53.3 cm³/mol. The lowest BCUT2D eigenvalue weighted by atomic mass is 9.85. The minimum atomic E-state index is -2.76. The second-order valence-corrected chi connectivity index (χ2v) is 3.95. The molecule has 1 nitrogen and oxygen atoms in total. The van der Waals surface area contributed by atoms with Gasteiger partial charge in [0.25, 0.3) is 5.92 Å². The topological polar surface area (TPSA) is 17.1 Å². The lowest BCUT2D eigenvalue weighted by Crippen LogP contribution is -2.22. The van der Waals surface area contributed by atoms with Crippen molar-refractivity contribution >= 4 is 5.78 Å². The van der Waals surface area contributed by atoms with Crippen LogP contribution in [0.5, 0.6) is 0 Å². The molecule has 1 aromatic carbocycles. The van der Waals surface area contributed by atoms with Gasteiger partial charge >= 0.3 is 0 Å². The van der Waals surface area contributed by atoms with Crippen LogP contribution >= 0.6 is 0 Å². The van der Waals surface area contributed by atoms with E-state index >= 15 is 0 Å². The van der Waals surface area contributed by atoms with Gasteiger partial charge < -0.3 is 0 Å². The minimum Gasteiger partial charge on any atom is -0.295 e. The Morgan fingerprint density at radius 1 is 1.40 bits per heavy atom. The molecule has 80 valence electrons. The molecular weight excluding hydrogens is 198 g/mol. The van der Waals surface area contributed by atoms with E-state index in [0.717, 1.165) is 0 Å². The van der Waals surface area contributed by atoms with Crippen molar-refractivity contribution in [2.45, 2.75) is 32.1 Å². The van der Waals surface area contributed by atoms with Gasteiger partial charge in [0, 0.05) is 17.5 Å². The van der Waals surface area contributed by atoms with Gasteiger partial charge in [0.1, 0.15) is 0 Å². The quantitative estimate of drug-likeness (QED) is 0.650. The Hall–Kier alpha value is -1.25. The van der Waals surface area contributed by atoms with Crippen LogP contribution in [-0.2, 0) is 12.3 Å². The Labute approximate surface area is 87.1 Å². The molecule has 0 atom stereocenters. The molecule has 0 spiro atoms. The van der Waals surface area contributed by atoms with Crippen LogP contribution in [0.25, 0.3) is 0 Å². The van der Waals surface area contributed by atoms with Gasteiger partial charge in [0.05, 0.1) is 0 Å². The van der Waals surface area contributed by atoms with Gasteiger partial charge in [-0.05, 0) is 25.3 Å². The summed E-state index contributed by atoms with van der Waals surface area (Å²) in [5.41, 5.74) is 1.04. The van der Waals surface area contributed by atoms with Crippen LogP contribution in [0.4, 0.5) is 8.78 Å². The highest BCUT2D eigenvalue weighted by atomic mass is 19.3. The third-order valence-electron chi connectivity index (χ3n) is 2.87. The van der Waals surface area contributed by atoms with E-state index in [4.69, 9.17) is 0 Å². The lowest BCUT2D eigenvalue weighted by molar-refractivity contribution is -0.0217. The first kappa shape index (κ1) is 10.3. The van der Waals surface area contributed by atoms with Gasteiger partial charge in [0.15, 0.2) is 5.78 Å². The van der Waals surface area contributed by atoms with Crippen molar-refractivity contribution in [1.29, 1.82) is 0 Å². The number of halogens is 2. The Kier molecular flexibility index (Phi) is 2.33. The standard InChI is InChI=1S/C12H12F2O/c1-8(15)9-4-2-6-11-10(9)5-3-7-12(11,13)14/h2,4,6H,3,5,7H2,1H3. The molecule has 0 fully saturated rings. The molecule has 0 saturated heterocycles. The summed E-state index contributed by atoms with van der Waals surface area (Å²) in [4.78, 5) is 11.3. The van der Waals surface area contributed by atoms with Crippen molar-refractivity contribution in [2.24, 2.45) is 0 Å². The molecular formula is C12H12F2O. The van der Waals surface area contributed by atoms with Crippen LogP contribution in [0.3, 0.4) is 0 Å². The van der Waals surface area contributed by atoms with Gasteiger partial charge in [-0.25, -0.2) is 8.78 Å². The molecule has 0 unspecified atom stereocenters. The molecule has 2 rings (SSSR count). The maximum absolute atomic E-state index is 13.5. The number of alkyl halides is 2. The third kappa shape index (κ3) is 1.66. The smallest absolute Gasteiger partial charge is 0.273 e. The summed E-state index contributed by atoms with van der Waals surface area (Å²) in [5.74, 6) is -2.90. The molecule has 3 heteroatoms. The molecule has 1 aliphatic carbocycles. The first-order valence-corrected chi connectivity index (χ1v) is 5.03. The third-order valence-corrected chi connectivity index (χ3v) is 2.87. The average molecular weight is 210 g/mol. The number of ketones is 1. The van der Waals surface area contributed by atoms with Crippen LogP contribution < -0.4 is 0 Å². The van der Waals surface area contributed by atoms with Crippen molar-refractivity contribution in [3.63, 3.8) is 0 Å². The van der Waals surface area contributed by atoms with E-state index in [1.165, 1.54) is 19.1 Å². The van der Waals surface area contributed by atoms with E-state index in [-0.39, 0.29) is 17.8 Å². The van der Waals surface area contributed by atoms with E-state index in [1.54, 1.807) is 6.07 Å². The summed E-state index contributed by atoms with van der Waals surface area (Å²) in [6.45, 7) is 1.42. The van der Waals surface area contributed by atoms with Crippen LogP contribution in [-0.4, -0.2) is 5.78 Å². The van der Waals surface area contributed by atoms with E-state index in [2.05, 4.69) is 0 Å². The molecule has 1 aliphatic rings. The summed E-state index contributed by atoms with van der Waals surface area (Å²) >= 11 is 0. The van der Waals surface area contributed by atoms with E-state index < -0.39 is 5.92 Å². The van der Waals surface area contributed by atoms with Crippen molar-refractivity contribution in [3.05, 3.63) is 34.9 Å². The van der Waals surface area contributed by atoms with E-state index in [0.29, 0.717) is 24.0 Å². The molecule has 15 heavy (non-hydrogen) atoms. The number of hydrogen-bond acceptors (Lipinski definition) is 1. The monoisotopic (exact) mass is 210 g/mol. The number of benzene rings is 1. The predicted octanol–water partition coefficient (Wildman–Crippen LogP) is 3.32. The summed E-state index contributed by atoms with van der Waals surface area (Å²) in [7, 11) is 0. The second-order valence-electron chi connectivity index (χ2n) is 3.95. The van der Waals surface area contributed by atoms with Crippen LogP contribution in [0.1, 0.15) is 41.3 Å². The number of fused-ring (bicyclic) bond motifs is 1. The SMILES string of the molecule is CC(=O)c1cccc2c1CCCC2(F)F. The zero-order valence-electron chi connectivity index (χ0n) is 8.52. The molecule has 0 bridgehead atoms. The fourth-order valence-corrected chi connectivity index (χ4v) is 2.15. The first-order chi connectivity index (χ1) is 7.02. The first-order valence-electron chi connectivity index (χ1n) is 5.03. The Bertz CT molecular complexity index is 410. The molecule has 0 aromatic heterocycles. The van der Waals surface area contributed by atoms with Crippen molar-refractivity contribution < 1.29 is 13.6 Å². The van der Waals surface area contributed by atoms with Gasteiger partial charge in [-0.2, -0.15) is 0 Å². The van der Waals surface area contributed by atoms with Crippen molar-refractivity contribution in [2.75, 3.05) is 0 Å². The van der Waals surface area contributed by atoms with Gasteiger partial charge in [0.2, 0.25) is 0 Å². The highest BCUT2D eigenvalue weighted by molar-refractivity contribution is 5.96. The minimum absolute atomic E-state index is 0.0430. The Balaban J connectivity index is 2.61. The molecule has 0 radical (unpaired) electrons. The fraction of sp³-hybridized carbons (Fsp3) is 0.417. The Morgan fingerprint density at radius 3 is 2.80 bits per heavy atom.